The summed E-state index contributed by atoms with van der Waals surface area (Å²) in [5.74, 6) is -5.17. The topological polar surface area (TPSA) is 111 Å². The van der Waals surface area contributed by atoms with E-state index in [9.17, 15) is 54.8 Å². The first kappa shape index (κ1) is 34.5. The molecule has 1 N–H and O–H groups in total. The maximum absolute atomic E-state index is 13.5. The van der Waals surface area contributed by atoms with Crippen molar-refractivity contribution in [3.8, 4) is 0 Å². The van der Waals surface area contributed by atoms with E-state index in [2.05, 4.69) is 5.32 Å². The Bertz CT molecular complexity index is 1100. The predicted octanol–water partition coefficient (Wildman–Crippen LogP) is 5.73. The number of halogens is 8. The number of ether oxygens (including phenoxy) is 2. The molecular weight excluding hydrogens is 598 g/mol. The average molecular weight is 626 g/mol. The highest BCUT2D eigenvalue weighted by molar-refractivity contribution is 7.99. The number of nitro benzene ring substituents is 1. The molecular formula is C23H27F8N3O6S. The van der Waals surface area contributed by atoms with Crippen LogP contribution in [0.1, 0.15) is 43.9 Å². The molecule has 1 aromatic rings. The van der Waals surface area contributed by atoms with Crippen molar-refractivity contribution >= 4 is 29.4 Å². The molecule has 1 unspecified atom stereocenters. The monoisotopic (exact) mass is 625 g/mol. The minimum absolute atomic E-state index is 0.0254. The number of benzene rings is 1. The molecule has 0 spiro atoms. The van der Waals surface area contributed by atoms with Crippen molar-refractivity contribution in [3.63, 3.8) is 0 Å². The van der Waals surface area contributed by atoms with Gasteiger partial charge in [-0.15, -0.1) is 0 Å². The number of urea groups is 1. The van der Waals surface area contributed by atoms with E-state index in [1.807, 2.05) is 0 Å². The third-order valence-corrected chi connectivity index (χ3v) is 6.83. The molecule has 1 aliphatic rings. The summed E-state index contributed by atoms with van der Waals surface area (Å²) in [4.78, 5) is 35.6. The van der Waals surface area contributed by atoms with Crippen molar-refractivity contribution in [2.45, 2.75) is 56.6 Å². The molecule has 1 aromatic carbocycles. The predicted molar refractivity (Wildman–Crippen MR) is 129 cm³/mol. The van der Waals surface area contributed by atoms with Crippen LogP contribution >= 0.6 is 11.8 Å². The number of hydrogen-bond donors (Lipinski definition) is 1. The summed E-state index contributed by atoms with van der Waals surface area (Å²) in [5.41, 5.74) is -4.22. The molecule has 232 valence electrons. The zero-order valence-corrected chi connectivity index (χ0v) is 22.6. The SMILES string of the molecule is CC1(C)NC(=O)N(CC(OCCOCCSCCCC(F)(F)C(F)(F)F)c2ccc([N+](=O)[O-])c(C(F)(F)F)c2)C1=O. The van der Waals surface area contributed by atoms with Crippen LogP contribution in [0.5, 0.6) is 0 Å². The zero-order chi connectivity index (χ0) is 31.2. The van der Waals surface area contributed by atoms with E-state index in [0.29, 0.717) is 12.1 Å². The van der Waals surface area contributed by atoms with Gasteiger partial charge in [0.25, 0.3) is 11.6 Å². The van der Waals surface area contributed by atoms with Gasteiger partial charge in [-0.3, -0.25) is 19.8 Å². The van der Waals surface area contributed by atoms with Crippen molar-refractivity contribution in [2.24, 2.45) is 0 Å². The molecule has 0 saturated carbocycles. The summed E-state index contributed by atoms with van der Waals surface area (Å²) in [6.07, 6.45) is -13.7. The van der Waals surface area contributed by atoms with Gasteiger partial charge in [0, 0.05) is 18.2 Å². The number of carbonyl (C=O) groups excluding carboxylic acids is 2. The summed E-state index contributed by atoms with van der Waals surface area (Å²) in [5, 5.41) is 13.5. The van der Waals surface area contributed by atoms with E-state index in [4.69, 9.17) is 9.47 Å². The second-order valence-corrected chi connectivity index (χ2v) is 10.6. The standard InChI is InChI=1S/C23H27F8N3O6S/c1-20(2)18(35)33(19(36)32-20)13-17(14-4-5-16(34(37)38)15(12-14)22(26,27)28)40-8-7-39-9-11-41-10-3-6-21(24,25)23(29,30)31/h4-5,12,17H,3,6-11,13H2,1-2H3,(H,32,36). The van der Waals surface area contributed by atoms with Gasteiger partial charge in [0.05, 0.1) is 31.3 Å². The summed E-state index contributed by atoms with van der Waals surface area (Å²) in [7, 11) is 0. The number of nitro groups is 1. The molecule has 0 bridgehead atoms. The highest BCUT2D eigenvalue weighted by Crippen LogP contribution is 2.40. The largest absolute Gasteiger partial charge is 0.453 e. The number of nitrogens with zero attached hydrogens (tertiary/aromatic N) is 2. The normalized spacial score (nSPS) is 16.7. The maximum Gasteiger partial charge on any atom is 0.453 e. The van der Waals surface area contributed by atoms with Crippen LogP contribution < -0.4 is 5.32 Å². The van der Waals surface area contributed by atoms with Gasteiger partial charge in [-0.05, 0) is 43.7 Å². The molecule has 1 atom stereocenters. The Hall–Kier alpha value is -2.73. The van der Waals surface area contributed by atoms with Gasteiger partial charge in [0.1, 0.15) is 17.2 Å². The fourth-order valence-corrected chi connectivity index (χ4v) is 4.44. The Labute approximate surface area is 233 Å². The fraction of sp³-hybridized carbons (Fsp3) is 0.652. The number of amides is 3. The number of thioether (sulfide) groups is 1. The molecule has 41 heavy (non-hydrogen) atoms. The van der Waals surface area contributed by atoms with Crippen molar-refractivity contribution in [1.82, 2.24) is 10.2 Å². The molecule has 1 fully saturated rings. The Kier molecular flexibility index (Phi) is 11.3. The third-order valence-electron chi connectivity index (χ3n) is 5.80. The molecule has 0 aromatic heterocycles. The summed E-state index contributed by atoms with van der Waals surface area (Å²) in [6, 6.07) is 1.35. The maximum atomic E-state index is 13.5. The average Bonchev–Trinajstić information content (AvgIpc) is 3.03. The van der Waals surface area contributed by atoms with Crippen LogP contribution in [0.15, 0.2) is 18.2 Å². The van der Waals surface area contributed by atoms with Gasteiger partial charge in [0.15, 0.2) is 0 Å². The van der Waals surface area contributed by atoms with Crippen LogP contribution in [-0.4, -0.2) is 77.3 Å². The first-order valence-electron chi connectivity index (χ1n) is 12.0. The lowest BCUT2D eigenvalue weighted by molar-refractivity contribution is -0.388. The van der Waals surface area contributed by atoms with E-state index in [0.717, 1.165) is 22.7 Å². The fourth-order valence-electron chi connectivity index (χ4n) is 3.65. The van der Waals surface area contributed by atoms with Gasteiger partial charge >= 0.3 is 24.3 Å². The number of nitrogens with one attached hydrogen (secondary N) is 1. The molecule has 18 heteroatoms. The van der Waals surface area contributed by atoms with E-state index < -0.39 is 71.0 Å². The quantitative estimate of drug-likeness (QED) is 0.0872. The highest BCUT2D eigenvalue weighted by Gasteiger charge is 2.56. The second kappa shape index (κ2) is 13.5. The zero-order valence-electron chi connectivity index (χ0n) is 21.7. The van der Waals surface area contributed by atoms with Crippen LogP contribution in [0, 0.1) is 10.1 Å². The number of imide groups is 1. The number of rotatable bonds is 15. The first-order chi connectivity index (χ1) is 18.8. The van der Waals surface area contributed by atoms with E-state index in [1.165, 1.54) is 13.8 Å². The molecule has 0 aliphatic carbocycles. The highest BCUT2D eigenvalue weighted by atomic mass is 32.2. The van der Waals surface area contributed by atoms with Crippen molar-refractivity contribution in [2.75, 3.05) is 37.9 Å². The summed E-state index contributed by atoms with van der Waals surface area (Å²) < 4.78 is 114. The molecule has 1 aliphatic heterocycles. The Morgan fingerprint density at radius 3 is 2.24 bits per heavy atom. The van der Waals surface area contributed by atoms with E-state index in [-0.39, 0.29) is 43.3 Å². The van der Waals surface area contributed by atoms with Gasteiger partial charge in [0.2, 0.25) is 0 Å². The van der Waals surface area contributed by atoms with E-state index >= 15 is 0 Å². The van der Waals surface area contributed by atoms with Gasteiger partial charge < -0.3 is 14.8 Å². The van der Waals surface area contributed by atoms with Gasteiger partial charge in [-0.2, -0.15) is 46.9 Å². The number of carbonyl (C=O) groups is 2. The molecule has 3 amide bonds. The van der Waals surface area contributed by atoms with Crippen LogP contribution in [-0.2, 0) is 20.4 Å². The molecule has 0 radical (unpaired) electrons. The molecule has 2 rings (SSSR count). The van der Waals surface area contributed by atoms with Crippen LogP contribution in [0.25, 0.3) is 0 Å². The molecule has 9 nitrogen and oxygen atoms in total. The van der Waals surface area contributed by atoms with Crippen molar-refractivity contribution in [3.05, 3.63) is 39.4 Å². The summed E-state index contributed by atoms with van der Waals surface area (Å²) in [6.45, 7) is 1.99. The van der Waals surface area contributed by atoms with Gasteiger partial charge in [-0.1, -0.05) is 0 Å². The lowest BCUT2D eigenvalue weighted by Crippen LogP contribution is -2.41. The minimum atomic E-state index is -5.61. The smallest absolute Gasteiger partial charge is 0.378 e. The Morgan fingerprint density at radius 1 is 1.05 bits per heavy atom. The van der Waals surface area contributed by atoms with E-state index in [1.54, 1.807) is 0 Å². The first-order valence-corrected chi connectivity index (χ1v) is 13.1. The van der Waals surface area contributed by atoms with Crippen molar-refractivity contribution < 1.29 is 59.1 Å². The summed E-state index contributed by atoms with van der Waals surface area (Å²) >= 11 is 1.08. The lowest BCUT2D eigenvalue weighted by Gasteiger charge is -2.24. The number of hydrogen-bond acceptors (Lipinski definition) is 7. The second-order valence-electron chi connectivity index (χ2n) is 9.39. The van der Waals surface area contributed by atoms with Crippen LogP contribution in [0.4, 0.5) is 45.6 Å². The lowest BCUT2D eigenvalue weighted by atomic mass is 10.0. The number of alkyl halides is 8. The van der Waals surface area contributed by atoms with Crippen LogP contribution in [0.2, 0.25) is 0 Å². The Morgan fingerprint density at radius 2 is 1.71 bits per heavy atom. The minimum Gasteiger partial charge on any atom is -0.378 e. The third kappa shape index (κ3) is 9.39. The molecule has 1 saturated heterocycles. The Balaban J connectivity index is 1.98. The molecule has 1 heterocycles. The van der Waals surface area contributed by atoms with Crippen LogP contribution in [0.3, 0.4) is 0 Å². The van der Waals surface area contributed by atoms with Gasteiger partial charge in [-0.25, -0.2) is 4.79 Å². The van der Waals surface area contributed by atoms with Crippen molar-refractivity contribution in [1.29, 1.82) is 0 Å².